The van der Waals surface area contributed by atoms with Crippen LogP contribution in [0, 0.1) is 5.92 Å². The van der Waals surface area contributed by atoms with Crippen LogP contribution in [-0.4, -0.2) is 53.0 Å². The maximum Gasteiger partial charge on any atom is 0.307 e. The van der Waals surface area contributed by atoms with Crippen LogP contribution in [0.1, 0.15) is 43.7 Å². The second-order valence-corrected chi connectivity index (χ2v) is 6.87. The van der Waals surface area contributed by atoms with Crippen LogP contribution in [0.15, 0.2) is 30.3 Å². The largest absolute Gasteiger partial charge is 0.481 e. The number of hydrogen-bond acceptors (Lipinski definition) is 3. The van der Waals surface area contributed by atoms with Crippen molar-refractivity contribution < 1.29 is 14.7 Å². The number of benzene rings is 1. The lowest BCUT2D eigenvalue weighted by Gasteiger charge is -2.39. The van der Waals surface area contributed by atoms with Crippen molar-refractivity contribution in [2.24, 2.45) is 5.92 Å². The summed E-state index contributed by atoms with van der Waals surface area (Å²) in [5.74, 6) is -0.997. The number of carboxylic acid groups (broad SMARTS) is 1. The highest BCUT2D eigenvalue weighted by molar-refractivity contribution is 5.83. The molecule has 130 valence electrons. The van der Waals surface area contributed by atoms with Gasteiger partial charge in [-0.2, -0.15) is 0 Å². The Kier molecular flexibility index (Phi) is 5.51. The normalized spacial score (nSPS) is 23.7. The summed E-state index contributed by atoms with van der Waals surface area (Å²) in [6, 6.07) is 9.46. The molecule has 1 N–H and O–H groups in total. The Hall–Kier alpha value is -1.88. The van der Waals surface area contributed by atoms with Crippen LogP contribution < -0.4 is 0 Å². The highest BCUT2D eigenvalue weighted by Crippen LogP contribution is 2.29. The van der Waals surface area contributed by atoms with Crippen LogP contribution in [0.2, 0.25) is 0 Å². The number of aliphatic carboxylic acids is 1. The van der Waals surface area contributed by atoms with Gasteiger partial charge in [-0.15, -0.1) is 0 Å². The van der Waals surface area contributed by atoms with Gasteiger partial charge in [0.15, 0.2) is 0 Å². The van der Waals surface area contributed by atoms with Crippen LogP contribution >= 0.6 is 0 Å². The van der Waals surface area contributed by atoms with E-state index in [1.54, 1.807) is 0 Å². The van der Waals surface area contributed by atoms with E-state index in [0.29, 0.717) is 13.0 Å². The Balaban J connectivity index is 1.84. The molecular formula is C19H26N2O3. The predicted molar refractivity (Wildman–Crippen MR) is 91.5 cm³/mol. The third kappa shape index (κ3) is 3.78. The molecule has 1 aromatic carbocycles. The highest BCUT2D eigenvalue weighted by Gasteiger charge is 2.36. The van der Waals surface area contributed by atoms with Crippen molar-refractivity contribution in [3.8, 4) is 0 Å². The van der Waals surface area contributed by atoms with Gasteiger partial charge in [0.05, 0.1) is 5.92 Å². The van der Waals surface area contributed by atoms with E-state index in [1.807, 2.05) is 35.2 Å². The van der Waals surface area contributed by atoms with Crippen LogP contribution in [-0.2, 0) is 9.59 Å². The lowest BCUT2D eigenvalue weighted by molar-refractivity contribution is -0.147. The van der Waals surface area contributed by atoms with E-state index in [0.717, 1.165) is 44.5 Å². The quantitative estimate of drug-likeness (QED) is 0.921. The van der Waals surface area contributed by atoms with E-state index in [2.05, 4.69) is 4.90 Å². The average Bonchev–Trinajstić information content (AvgIpc) is 2.64. The third-order valence-electron chi connectivity index (χ3n) is 5.18. The molecule has 2 saturated heterocycles. The van der Waals surface area contributed by atoms with Crippen LogP contribution in [0.3, 0.4) is 0 Å². The Labute approximate surface area is 143 Å². The number of nitrogens with zero attached hydrogens (tertiary/aromatic N) is 2. The molecule has 0 aliphatic carbocycles. The summed E-state index contributed by atoms with van der Waals surface area (Å²) in [6.07, 6.45) is 4.83. The Morgan fingerprint density at radius 2 is 1.71 bits per heavy atom. The zero-order valence-corrected chi connectivity index (χ0v) is 14.1. The van der Waals surface area contributed by atoms with Gasteiger partial charge in [-0.25, -0.2) is 0 Å². The van der Waals surface area contributed by atoms with Crippen molar-refractivity contribution >= 4 is 11.9 Å². The Morgan fingerprint density at radius 3 is 2.38 bits per heavy atom. The zero-order valence-electron chi connectivity index (χ0n) is 14.1. The number of rotatable bonds is 4. The minimum absolute atomic E-state index is 0.131. The lowest BCUT2D eigenvalue weighted by Crippen LogP contribution is -2.48. The van der Waals surface area contributed by atoms with Gasteiger partial charge in [0.2, 0.25) is 5.91 Å². The van der Waals surface area contributed by atoms with E-state index in [1.165, 1.54) is 6.42 Å². The van der Waals surface area contributed by atoms with Gasteiger partial charge in [0.25, 0.3) is 0 Å². The molecule has 0 bridgehead atoms. The Morgan fingerprint density at radius 1 is 1.00 bits per heavy atom. The number of piperidine rings is 2. The van der Waals surface area contributed by atoms with E-state index in [9.17, 15) is 14.7 Å². The number of carboxylic acids is 1. The highest BCUT2D eigenvalue weighted by atomic mass is 16.4. The smallest absolute Gasteiger partial charge is 0.307 e. The Bertz CT molecular complexity index is 569. The van der Waals surface area contributed by atoms with Crippen molar-refractivity contribution in [1.29, 1.82) is 0 Å². The summed E-state index contributed by atoms with van der Waals surface area (Å²) < 4.78 is 0. The number of likely N-dealkylation sites (tertiary alicyclic amines) is 2. The van der Waals surface area contributed by atoms with Crippen molar-refractivity contribution in [2.45, 2.75) is 38.1 Å². The number of amides is 1. The summed E-state index contributed by atoms with van der Waals surface area (Å²) in [7, 11) is 0. The third-order valence-corrected chi connectivity index (χ3v) is 5.18. The summed E-state index contributed by atoms with van der Waals surface area (Å²) >= 11 is 0. The second-order valence-electron chi connectivity index (χ2n) is 6.87. The molecular weight excluding hydrogens is 304 g/mol. The van der Waals surface area contributed by atoms with E-state index < -0.39 is 5.97 Å². The fourth-order valence-electron chi connectivity index (χ4n) is 3.87. The molecule has 2 atom stereocenters. The summed E-state index contributed by atoms with van der Waals surface area (Å²) in [5.41, 5.74) is 0.971. The molecule has 24 heavy (non-hydrogen) atoms. The van der Waals surface area contributed by atoms with Gasteiger partial charge in [0.1, 0.15) is 6.04 Å². The van der Waals surface area contributed by atoms with E-state index in [-0.39, 0.29) is 17.9 Å². The monoisotopic (exact) mass is 330 g/mol. The van der Waals surface area contributed by atoms with Crippen LogP contribution in [0.25, 0.3) is 0 Å². The van der Waals surface area contributed by atoms with Crippen molar-refractivity contribution in [3.05, 3.63) is 35.9 Å². The van der Waals surface area contributed by atoms with Gasteiger partial charge in [-0.05, 0) is 44.2 Å². The van der Waals surface area contributed by atoms with Crippen LogP contribution in [0.5, 0.6) is 0 Å². The maximum atomic E-state index is 13.2. The standard InChI is InChI=1S/C19H26N2O3/c22-18(20-11-5-2-6-12-20)17(15-8-3-1-4-9-15)21-13-7-10-16(14-21)19(23)24/h1,3-4,8-9,16-17H,2,5-7,10-14H2,(H,23,24). The number of hydrogen-bond donors (Lipinski definition) is 1. The van der Waals surface area contributed by atoms with Crippen molar-refractivity contribution in [3.63, 3.8) is 0 Å². The molecule has 2 unspecified atom stereocenters. The SMILES string of the molecule is O=C(O)C1CCCN(C(C(=O)N2CCCCC2)c2ccccc2)C1. The van der Waals surface area contributed by atoms with Gasteiger partial charge < -0.3 is 10.0 Å². The lowest BCUT2D eigenvalue weighted by atomic mass is 9.94. The zero-order chi connectivity index (χ0) is 16.9. The first kappa shape index (κ1) is 17.0. The fraction of sp³-hybridized carbons (Fsp3) is 0.579. The summed E-state index contributed by atoms with van der Waals surface area (Å²) in [5, 5.41) is 9.37. The number of carbonyl (C=O) groups excluding carboxylic acids is 1. The topological polar surface area (TPSA) is 60.9 Å². The molecule has 2 fully saturated rings. The van der Waals surface area contributed by atoms with Gasteiger partial charge in [-0.1, -0.05) is 30.3 Å². The van der Waals surface area contributed by atoms with Crippen LogP contribution in [0.4, 0.5) is 0 Å². The molecule has 2 aliphatic heterocycles. The molecule has 0 aromatic heterocycles. The molecule has 5 nitrogen and oxygen atoms in total. The fourth-order valence-corrected chi connectivity index (χ4v) is 3.87. The first-order chi connectivity index (χ1) is 11.7. The average molecular weight is 330 g/mol. The van der Waals surface area contributed by atoms with Crippen molar-refractivity contribution in [2.75, 3.05) is 26.2 Å². The maximum absolute atomic E-state index is 13.2. The molecule has 2 aliphatic rings. The predicted octanol–water partition coefficient (Wildman–Crippen LogP) is 2.54. The molecule has 0 saturated carbocycles. The first-order valence-electron chi connectivity index (χ1n) is 8.97. The summed E-state index contributed by atoms with van der Waals surface area (Å²) in [4.78, 5) is 28.7. The van der Waals surface area contributed by atoms with E-state index in [4.69, 9.17) is 0 Å². The number of carbonyl (C=O) groups is 2. The minimum Gasteiger partial charge on any atom is -0.481 e. The molecule has 2 heterocycles. The molecule has 0 spiro atoms. The molecule has 0 radical (unpaired) electrons. The first-order valence-corrected chi connectivity index (χ1v) is 8.97. The second kappa shape index (κ2) is 7.79. The van der Waals surface area contributed by atoms with Crippen molar-refractivity contribution in [1.82, 2.24) is 9.80 Å². The summed E-state index contributed by atoms with van der Waals surface area (Å²) in [6.45, 7) is 2.87. The molecule has 3 rings (SSSR count). The van der Waals surface area contributed by atoms with E-state index >= 15 is 0 Å². The minimum atomic E-state index is -0.753. The van der Waals surface area contributed by atoms with Gasteiger partial charge in [-0.3, -0.25) is 14.5 Å². The van der Waals surface area contributed by atoms with Gasteiger partial charge >= 0.3 is 5.97 Å². The molecule has 1 aromatic rings. The molecule has 5 heteroatoms. The molecule has 1 amide bonds. The van der Waals surface area contributed by atoms with Gasteiger partial charge in [0, 0.05) is 19.6 Å².